The Balaban J connectivity index is 1.17. The number of benzene rings is 1. The topological polar surface area (TPSA) is 57.4 Å². The normalized spacial score (nSPS) is 29.6. The Morgan fingerprint density at radius 2 is 2.04 bits per heavy atom. The maximum absolute atomic E-state index is 12.5. The van der Waals surface area contributed by atoms with Gasteiger partial charge < -0.3 is 19.9 Å². The molecule has 2 aromatic rings. The standard InChI is InChI=1S/C20H23N3O2/c1-12-2-3-14-13(9-22-17(14)8-12)6-7-21-20(24)23-10-15-16(11-23)19-5-4-18(15)25-19/h2-5,8-9,15-16,18-19,22H,6-7,10-11H2,1H3,(H,21,24). The zero-order valence-corrected chi connectivity index (χ0v) is 14.4. The molecule has 5 nitrogen and oxygen atoms in total. The number of ether oxygens (including phenoxy) is 1. The van der Waals surface area contributed by atoms with Gasteiger partial charge in [0.1, 0.15) is 0 Å². The van der Waals surface area contributed by atoms with Crippen molar-refractivity contribution in [3.05, 3.63) is 47.7 Å². The monoisotopic (exact) mass is 337 g/mol. The minimum Gasteiger partial charge on any atom is -0.366 e. The number of hydrogen-bond donors (Lipinski definition) is 2. The summed E-state index contributed by atoms with van der Waals surface area (Å²) in [5.41, 5.74) is 3.67. The average molecular weight is 337 g/mol. The first kappa shape index (κ1) is 15.0. The Labute approximate surface area is 147 Å². The van der Waals surface area contributed by atoms with Crippen LogP contribution in [-0.2, 0) is 11.2 Å². The minimum absolute atomic E-state index is 0.0597. The molecule has 1 aromatic carbocycles. The fraction of sp³-hybridized carbons (Fsp3) is 0.450. The zero-order valence-electron chi connectivity index (χ0n) is 14.4. The molecule has 0 radical (unpaired) electrons. The first-order chi connectivity index (χ1) is 12.2. The van der Waals surface area contributed by atoms with Gasteiger partial charge in [-0.15, -0.1) is 0 Å². The number of carbonyl (C=O) groups is 1. The van der Waals surface area contributed by atoms with E-state index in [1.807, 2.05) is 4.90 Å². The summed E-state index contributed by atoms with van der Waals surface area (Å²) in [6.45, 7) is 4.38. The van der Waals surface area contributed by atoms with Crippen LogP contribution in [0, 0.1) is 18.8 Å². The summed E-state index contributed by atoms with van der Waals surface area (Å²) in [7, 11) is 0. The molecular weight excluding hydrogens is 314 g/mol. The van der Waals surface area contributed by atoms with Crippen molar-refractivity contribution in [1.82, 2.24) is 15.2 Å². The van der Waals surface area contributed by atoms with E-state index in [0.717, 1.165) is 25.0 Å². The van der Waals surface area contributed by atoms with E-state index in [0.29, 0.717) is 18.4 Å². The smallest absolute Gasteiger partial charge is 0.317 e. The van der Waals surface area contributed by atoms with Crippen molar-refractivity contribution < 1.29 is 9.53 Å². The SMILES string of the molecule is Cc1ccc2c(CCNC(=O)N3CC4C5C=CC(O5)C4C3)c[nH]c2c1. The molecular formula is C20H23N3O2. The number of fused-ring (bicyclic) bond motifs is 6. The highest BCUT2D eigenvalue weighted by atomic mass is 16.5. The lowest BCUT2D eigenvalue weighted by Gasteiger charge is -2.19. The van der Waals surface area contributed by atoms with E-state index in [2.05, 4.69) is 53.8 Å². The highest BCUT2D eigenvalue weighted by Crippen LogP contribution is 2.43. The lowest BCUT2D eigenvalue weighted by Crippen LogP contribution is -2.40. The van der Waals surface area contributed by atoms with Crippen molar-refractivity contribution in [1.29, 1.82) is 0 Å². The van der Waals surface area contributed by atoms with Crippen LogP contribution >= 0.6 is 0 Å². The van der Waals surface area contributed by atoms with Crippen molar-refractivity contribution in [3.63, 3.8) is 0 Å². The van der Waals surface area contributed by atoms with Crippen LogP contribution in [0.25, 0.3) is 10.9 Å². The number of urea groups is 1. The minimum atomic E-state index is 0.0597. The molecule has 2 amide bonds. The first-order valence-electron chi connectivity index (χ1n) is 9.12. The maximum Gasteiger partial charge on any atom is 0.317 e. The highest BCUT2D eigenvalue weighted by Gasteiger charge is 2.51. The van der Waals surface area contributed by atoms with E-state index in [1.165, 1.54) is 16.5 Å². The summed E-state index contributed by atoms with van der Waals surface area (Å²) in [5.74, 6) is 0.968. The van der Waals surface area contributed by atoms with Crippen LogP contribution in [0.1, 0.15) is 11.1 Å². The second kappa shape index (κ2) is 5.63. The van der Waals surface area contributed by atoms with Crippen LogP contribution in [0.15, 0.2) is 36.5 Å². The number of aromatic amines is 1. The molecule has 0 aliphatic carbocycles. The number of aromatic nitrogens is 1. The molecule has 3 aliphatic rings. The van der Waals surface area contributed by atoms with Crippen molar-refractivity contribution >= 4 is 16.9 Å². The van der Waals surface area contributed by atoms with E-state index < -0.39 is 0 Å². The third kappa shape index (κ3) is 2.45. The zero-order chi connectivity index (χ0) is 17.0. The van der Waals surface area contributed by atoms with Gasteiger partial charge in [0.15, 0.2) is 0 Å². The third-order valence-electron chi connectivity index (χ3n) is 5.94. The van der Waals surface area contributed by atoms with Crippen LogP contribution in [0.3, 0.4) is 0 Å². The van der Waals surface area contributed by atoms with Crippen LogP contribution in [0.5, 0.6) is 0 Å². The molecule has 1 aromatic heterocycles. The second-order valence-electron chi connectivity index (χ2n) is 7.53. The molecule has 4 unspecified atom stereocenters. The first-order valence-corrected chi connectivity index (χ1v) is 9.12. The quantitative estimate of drug-likeness (QED) is 0.846. The number of aryl methyl sites for hydroxylation is 1. The van der Waals surface area contributed by atoms with Gasteiger partial charge in [-0.1, -0.05) is 24.3 Å². The van der Waals surface area contributed by atoms with Gasteiger partial charge in [0.2, 0.25) is 0 Å². The largest absolute Gasteiger partial charge is 0.366 e. The maximum atomic E-state index is 12.5. The van der Waals surface area contributed by atoms with Gasteiger partial charge in [0.05, 0.1) is 12.2 Å². The Morgan fingerprint density at radius 1 is 1.28 bits per heavy atom. The Hall–Kier alpha value is -2.27. The summed E-state index contributed by atoms with van der Waals surface area (Å²) < 4.78 is 5.87. The summed E-state index contributed by atoms with van der Waals surface area (Å²) >= 11 is 0. The van der Waals surface area contributed by atoms with Crippen LogP contribution in [0.2, 0.25) is 0 Å². The predicted octanol–water partition coefficient (Wildman–Crippen LogP) is 2.61. The van der Waals surface area contributed by atoms with Gasteiger partial charge in [-0.2, -0.15) is 0 Å². The van der Waals surface area contributed by atoms with Gasteiger partial charge >= 0.3 is 6.03 Å². The molecule has 5 heteroatoms. The number of rotatable bonds is 3. The highest BCUT2D eigenvalue weighted by molar-refractivity contribution is 5.84. The van der Waals surface area contributed by atoms with E-state index in [1.54, 1.807) is 0 Å². The van der Waals surface area contributed by atoms with Gasteiger partial charge in [-0.05, 0) is 30.5 Å². The fourth-order valence-electron chi connectivity index (χ4n) is 4.62. The van der Waals surface area contributed by atoms with E-state index in [-0.39, 0.29) is 18.2 Å². The molecule has 25 heavy (non-hydrogen) atoms. The summed E-state index contributed by atoms with van der Waals surface area (Å²) in [6.07, 6.45) is 7.66. The molecule has 3 aliphatic heterocycles. The molecule has 0 saturated carbocycles. The van der Waals surface area contributed by atoms with Crippen LogP contribution < -0.4 is 5.32 Å². The molecule has 2 fully saturated rings. The Kier molecular flexibility index (Phi) is 3.38. The van der Waals surface area contributed by atoms with Gasteiger partial charge in [0.25, 0.3) is 0 Å². The second-order valence-corrected chi connectivity index (χ2v) is 7.53. The number of likely N-dealkylation sites (tertiary alicyclic amines) is 1. The molecule has 5 rings (SSSR count). The van der Waals surface area contributed by atoms with Gasteiger partial charge in [-0.25, -0.2) is 4.79 Å². The number of hydrogen-bond acceptors (Lipinski definition) is 2. The van der Waals surface area contributed by atoms with E-state index >= 15 is 0 Å². The molecule has 130 valence electrons. The average Bonchev–Trinajstić information content (AvgIpc) is 3.35. The van der Waals surface area contributed by atoms with E-state index in [4.69, 9.17) is 4.74 Å². The molecule has 0 spiro atoms. The molecule has 2 N–H and O–H groups in total. The lowest BCUT2D eigenvalue weighted by molar-refractivity contribution is 0.0883. The molecule has 2 bridgehead atoms. The van der Waals surface area contributed by atoms with Crippen molar-refractivity contribution in [2.75, 3.05) is 19.6 Å². The number of H-pyrrole nitrogens is 1. The van der Waals surface area contributed by atoms with Crippen LogP contribution in [-0.4, -0.2) is 47.8 Å². The summed E-state index contributed by atoms with van der Waals surface area (Å²) in [5, 5.41) is 4.34. The molecule has 4 atom stereocenters. The fourth-order valence-corrected chi connectivity index (χ4v) is 4.62. The third-order valence-corrected chi connectivity index (χ3v) is 5.94. The number of amides is 2. The summed E-state index contributed by atoms with van der Waals surface area (Å²) in [6, 6.07) is 6.50. The number of nitrogens with zero attached hydrogens (tertiary/aromatic N) is 1. The Bertz CT molecular complexity index is 836. The predicted molar refractivity (Wildman–Crippen MR) is 96.5 cm³/mol. The van der Waals surface area contributed by atoms with Crippen molar-refractivity contribution in [3.8, 4) is 0 Å². The number of carbonyl (C=O) groups excluding carboxylic acids is 1. The van der Waals surface area contributed by atoms with Crippen molar-refractivity contribution in [2.24, 2.45) is 11.8 Å². The lowest BCUT2D eigenvalue weighted by atomic mass is 9.86. The van der Waals surface area contributed by atoms with Gasteiger partial charge in [0, 0.05) is 48.6 Å². The molecule has 2 saturated heterocycles. The van der Waals surface area contributed by atoms with Crippen LogP contribution in [0.4, 0.5) is 4.79 Å². The molecule has 4 heterocycles. The Morgan fingerprint density at radius 3 is 2.80 bits per heavy atom. The number of nitrogens with one attached hydrogen (secondary N) is 2. The van der Waals surface area contributed by atoms with Crippen molar-refractivity contribution in [2.45, 2.75) is 25.6 Å². The summed E-state index contributed by atoms with van der Waals surface area (Å²) in [4.78, 5) is 17.8. The van der Waals surface area contributed by atoms with E-state index in [9.17, 15) is 4.79 Å². The van der Waals surface area contributed by atoms with Gasteiger partial charge in [-0.3, -0.25) is 0 Å².